The normalized spacial score (nSPS) is 11.7. The van der Waals surface area contributed by atoms with Crippen molar-refractivity contribution in [1.29, 1.82) is 0 Å². The van der Waals surface area contributed by atoms with E-state index in [2.05, 4.69) is 174 Å². The zero-order chi connectivity index (χ0) is 32.3. The molecule has 2 aromatic heterocycles. The van der Waals surface area contributed by atoms with Gasteiger partial charge in [-0.25, -0.2) is 0 Å². The number of rotatable bonds is 3. The molecule has 0 spiro atoms. The van der Waals surface area contributed by atoms with E-state index >= 15 is 0 Å². The Balaban J connectivity index is 1.13. The number of hydrogen-bond acceptors (Lipinski definition) is 1. The summed E-state index contributed by atoms with van der Waals surface area (Å²) in [5.41, 5.74) is 19.3. The summed E-state index contributed by atoms with van der Waals surface area (Å²) in [4.78, 5) is 4.83. The molecular weight excluding hydrogens is 593 g/mol. The van der Waals surface area contributed by atoms with Crippen molar-refractivity contribution in [3.05, 3.63) is 182 Å². The van der Waals surface area contributed by atoms with Crippen LogP contribution in [-0.4, -0.2) is 9.55 Å². The lowest BCUT2D eigenvalue weighted by Crippen LogP contribution is -1.98. The summed E-state index contributed by atoms with van der Waals surface area (Å²) in [5, 5.41) is 1.15. The highest BCUT2D eigenvalue weighted by atomic mass is 15.0. The first-order valence-electron chi connectivity index (χ1n) is 16.8. The average Bonchev–Trinajstić information content (AvgIpc) is 3.51. The molecule has 0 N–H and O–H groups in total. The van der Waals surface area contributed by atoms with E-state index in [0.29, 0.717) is 0 Å². The first-order chi connectivity index (χ1) is 24.3. The van der Waals surface area contributed by atoms with E-state index in [1.54, 1.807) is 0 Å². The van der Waals surface area contributed by atoms with Crippen molar-refractivity contribution in [3.8, 4) is 72.4 Å². The molecule has 49 heavy (non-hydrogen) atoms. The predicted molar refractivity (Wildman–Crippen MR) is 205 cm³/mol. The molecule has 0 saturated carbocycles. The van der Waals surface area contributed by atoms with Gasteiger partial charge in [0.15, 0.2) is 0 Å². The Bertz CT molecular complexity index is 2690. The number of benzene rings is 7. The van der Waals surface area contributed by atoms with Gasteiger partial charge in [-0.3, -0.25) is 4.98 Å². The second-order valence-electron chi connectivity index (χ2n) is 12.7. The van der Waals surface area contributed by atoms with Crippen molar-refractivity contribution in [3.63, 3.8) is 0 Å². The van der Waals surface area contributed by atoms with Gasteiger partial charge in [0.05, 0.1) is 16.6 Å². The second kappa shape index (κ2) is 11.0. The molecule has 0 bridgehead atoms. The Morgan fingerprint density at radius 3 is 1.57 bits per heavy atom. The molecule has 0 atom stereocenters. The number of para-hydroxylation sites is 1. The van der Waals surface area contributed by atoms with Crippen molar-refractivity contribution in [1.82, 2.24) is 9.55 Å². The van der Waals surface area contributed by atoms with Crippen LogP contribution in [0.15, 0.2) is 182 Å². The molecule has 228 valence electrons. The molecule has 0 saturated heterocycles. The monoisotopic (exact) mass is 622 g/mol. The van der Waals surface area contributed by atoms with Crippen LogP contribution in [0.3, 0.4) is 0 Å². The van der Waals surface area contributed by atoms with Gasteiger partial charge in [0.1, 0.15) is 0 Å². The smallest absolute Gasteiger partial charge is 0.0963 e. The predicted octanol–water partition coefficient (Wildman–Crippen LogP) is 12.5. The number of hydrogen-bond donors (Lipinski definition) is 0. The number of fused-ring (bicyclic) bond motifs is 11. The maximum Gasteiger partial charge on any atom is 0.0963 e. The van der Waals surface area contributed by atoms with Crippen LogP contribution >= 0.6 is 0 Å². The van der Waals surface area contributed by atoms with E-state index in [-0.39, 0.29) is 0 Å². The summed E-state index contributed by atoms with van der Waals surface area (Å²) >= 11 is 0. The Labute approximate surface area is 285 Å². The zero-order valence-corrected chi connectivity index (χ0v) is 26.7. The lowest BCUT2D eigenvalue weighted by Gasteiger charge is -2.25. The average molecular weight is 623 g/mol. The number of nitrogens with zero attached hydrogens (tertiary/aromatic N) is 2. The van der Waals surface area contributed by atoms with Gasteiger partial charge in [-0.05, 0) is 103 Å². The molecular formula is C47H30N2. The van der Waals surface area contributed by atoms with Gasteiger partial charge in [0.2, 0.25) is 0 Å². The molecule has 2 heteroatoms. The zero-order valence-electron chi connectivity index (χ0n) is 26.7. The van der Waals surface area contributed by atoms with Crippen LogP contribution in [0.4, 0.5) is 0 Å². The first-order valence-corrected chi connectivity index (χ1v) is 16.8. The maximum atomic E-state index is 4.83. The van der Waals surface area contributed by atoms with Crippen molar-refractivity contribution in [2.45, 2.75) is 0 Å². The summed E-state index contributed by atoms with van der Waals surface area (Å²) in [7, 11) is 0. The third-order valence-corrected chi connectivity index (χ3v) is 10.0. The third-order valence-electron chi connectivity index (χ3n) is 10.0. The van der Waals surface area contributed by atoms with Gasteiger partial charge in [-0.2, -0.15) is 0 Å². The molecule has 0 amide bonds. The summed E-state index contributed by atoms with van der Waals surface area (Å²) in [6.07, 6.45) is 1.89. The van der Waals surface area contributed by atoms with Crippen molar-refractivity contribution in [2.24, 2.45) is 0 Å². The van der Waals surface area contributed by atoms with Gasteiger partial charge in [0, 0.05) is 17.3 Å². The third kappa shape index (κ3) is 4.31. The quantitative estimate of drug-likeness (QED) is 0.192. The van der Waals surface area contributed by atoms with Gasteiger partial charge in [0.25, 0.3) is 0 Å². The van der Waals surface area contributed by atoms with Crippen molar-refractivity contribution in [2.75, 3.05) is 0 Å². The molecule has 0 unspecified atom stereocenters. The SMILES string of the molecule is c1ccc(-n2c3ccc(-c4ccc(-c5cccc6c5-c5ccccc5-c5ccccc5-c5ccccc5-6)cc4)cc3c3ncccc32)cc1. The molecule has 2 nitrogen and oxygen atoms in total. The van der Waals surface area contributed by atoms with E-state index in [1.807, 2.05) is 12.3 Å². The maximum absolute atomic E-state index is 4.83. The molecule has 10 rings (SSSR count). The Hall–Kier alpha value is -6.51. The number of pyridine rings is 1. The van der Waals surface area contributed by atoms with Gasteiger partial charge >= 0.3 is 0 Å². The fraction of sp³-hybridized carbons (Fsp3) is 0. The van der Waals surface area contributed by atoms with E-state index in [0.717, 1.165) is 27.6 Å². The fourth-order valence-corrected chi connectivity index (χ4v) is 7.86. The lowest BCUT2D eigenvalue weighted by molar-refractivity contribution is 1.18. The molecule has 0 radical (unpaired) electrons. The largest absolute Gasteiger partial charge is 0.308 e. The van der Waals surface area contributed by atoms with E-state index < -0.39 is 0 Å². The molecule has 0 aliphatic heterocycles. The lowest BCUT2D eigenvalue weighted by atomic mass is 9.78. The fourth-order valence-electron chi connectivity index (χ4n) is 7.86. The Morgan fingerprint density at radius 2 is 0.878 bits per heavy atom. The van der Waals surface area contributed by atoms with Crippen LogP contribution in [-0.2, 0) is 0 Å². The number of aromatic nitrogens is 2. The van der Waals surface area contributed by atoms with E-state index in [4.69, 9.17) is 4.98 Å². The van der Waals surface area contributed by atoms with Gasteiger partial charge < -0.3 is 4.57 Å². The van der Waals surface area contributed by atoms with Crippen LogP contribution in [0.25, 0.3) is 94.4 Å². The first kappa shape index (κ1) is 27.6. The molecule has 2 heterocycles. The molecule has 9 aromatic rings. The van der Waals surface area contributed by atoms with Crippen molar-refractivity contribution >= 4 is 21.9 Å². The van der Waals surface area contributed by atoms with E-state index in [1.165, 1.54) is 66.8 Å². The minimum Gasteiger partial charge on any atom is -0.308 e. The minimum atomic E-state index is 1.02. The molecule has 7 aromatic carbocycles. The topological polar surface area (TPSA) is 17.8 Å². The van der Waals surface area contributed by atoms with Gasteiger partial charge in [-0.15, -0.1) is 0 Å². The van der Waals surface area contributed by atoms with E-state index in [9.17, 15) is 0 Å². The summed E-state index contributed by atoms with van der Waals surface area (Å²) in [6.45, 7) is 0. The van der Waals surface area contributed by atoms with Crippen LogP contribution in [0.2, 0.25) is 0 Å². The van der Waals surface area contributed by atoms with Crippen LogP contribution in [0.1, 0.15) is 0 Å². The molecule has 0 fully saturated rings. The highest BCUT2D eigenvalue weighted by Crippen LogP contribution is 2.50. The molecule has 1 aliphatic carbocycles. The summed E-state index contributed by atoms with van der Waals surface area (Å²) < 4.78 is 2.31. The summed E-state index contributed by atoms with van der Waals surface area (Å²) in [5.74, 6) is 0. The Kier molecular flexibility index (Phi) is 6.22. The highest BCUT2D eigenvalue weighted by molar-refractivity contribution is 6.09. The van der Waals surface area contributed by atoms with Crippen LogP contribution < -0.4 is 0 Å². The van der Waals surface area contributed by atoms with Gasteiger partial charge in [-0.1, -0.05) is 140 Å². The standard InChI is InChI=1S/C47H30N2/c1-2-12-34(13-3-1)49-44-28-27-33(30-43(44)47-45(49)22-11-29-48-47)31-23-25-32(26-24-31)35-20-10-21-42-40-17-7-6-16-38(40)36-14-4-5-15-37(36)39-18-8-9-19-41(39)46(35)42/h1-30H. The minimum absolute atomic E-state index is 1.02. The Morgan fingerprint density at radius 1 is 0.347 bits per heavy atom. The highest BCUT2D eigenvalue weighted by Gasteiger charge is 2.24. The van der Waals surface area contributed by atoms with Crippen LogP contribution in [0.5, 0.6) is 0 Å². The van der Waals surface area contributed by atoms with Crippen LogP contribution in [0, 0.1) is 0 Å². The van der Waals surface area contributed by atoms with Crippen molar-refractivity contribution < 1.29 is 0 Å². The molecule has 1 aliphatic rings. The summed E-state index contributed by atoms with van der Waals surface area (Å²) in [6, 6.07) is 63.8. The second-order valence-corrected chi connectivity index (χ2v) is 12.7.